The highest BCUT2D eigenvalue weighted by molar-refractivity contribution is 5.88. The van der Waals surface area contributed by atoms with Gasteiger partial charge in [0.2, 0.25) is 0 Å². The summed E-state index contributed by atoms with van der Waals surface area (Å²) in [6.07, 6.45) is 1.01. The third-order valence-corrected chi connectivity index (χ3v) is 2.67. The zero-order valence-electron chi connectivity index (χ0n) is 9.96. The van der Waals surface area contributed by atoms with Crippen LogP contribution in [0.15, 0.2) is 16.9 Å². The summed E-state index contributed by atoms with van der Waals surface area (Å²) in [5.41, 5.74) is 0. The molecule has 1 saturated heterocycles. The number of hydrogen-bond donors (Lipinski definition) is 1. The Morgan fingerprint density at radius 1 is 1.33 bits per heavy atom. The Morgan fingerprint density at radius 3 is 2.56 bits per heavy atom. The molecule has 0 spiro atoms. The molecule has 98 valence electrons. The highest BCUT2D eigenvalue weighted by Gasteiger charge is 2.24. The Hall–Kier alpha value is -2.25. The van der Waals surface area contributed by atoms with Crippen molar-refractivity contribution < 1.29 is 18.8 Å². The molecule has 0 aromatic carbocycles. The maximum atomic E-state index is 11.8. The van der Waals surface area contributed by atoms with Crippen LogP contribution in [0.4, 0.5) is 15.4 Å². The van der Waals surface area contributed by atoms with E-state index in [2.05, 4.69) is 19.7 Å². The number of carbonyl (C=O) groups is 2. The molecule has 1 N–H and O–H groups in total. The van der Waals surface area contributed by atoms with Crippen molar-refractivity contribution in [3.05, 3.63) is 12.3 Å². The molecule has 3 amide bonds. The van der Waals surface area contributed by atoms with Crippen molar-refractivity contribution in [1.82, 2.24) is 15.0 Å². The number of ether oxygens (including phenoxy) is 1. The molecule has 8 nitrogen and oxygen atoms in total. The van der Waals surface area contributed by atoms with E-state index in [9.17, 15) is 9.59 Å². The molecule has 1 aliphatic heterocycles. The van der Waals surface area contributed by atoms with Gasteiger partial charge < -0.3 is 19.1 Å². The third-order valence-electron chi connectivity index (χ3n) is 2.67. The van der Waals surface area contributed by atoms with Crippen molar-refractivity contribution >= 4 is 17.9 Å². The monoisotopic (exact) mass is 254 g/mol. The van der Waals surface area contributed by atoms with Crippen LogP contribution in [0.5, 0.6) is 0 Å². The average Bonchev–Trinajstić information content (AvgIpc) is 2.91. The number of aromatic nitrogens is 1. The number of nitrogens with one attached hydrogen (secondary N) is 1. The van der Waals surface area contributed by atoms with Crippen molar-refractivity contribution in [1.29, 1.82) is 0 Å². The zero-order chi connectivity index (χ0) is 13.0. The van der Waals surface area contributed by atoms with E-state index in [0.29, 0.717) is 32.0 Å². The summed E-state index contributed by atoms with van der Waals surface area (Å²) in [6.45, 7) is 1.83. The fourth-order valence-corrected chi connectivity index (χ4v) is 1.69. The summed E-state index contributed by atoms with van der Waals surface area (Å²) in [5, 5.41) is 6.19. The number of carbonyl (C=O) groups excluding carboxylic acids is 2. The fraction of sp³-hybridized carbons (Fsp3) is 0.500. The highest BCUT2D eigenvalue weighted by Crippen LogP contribution is 2.07. The van der Waals surface area contributed by atoms with E-state index in [1.807, 2.05) is 0 Å². The van der Waals surface area contributed by atoms with Gasteiger partial charge in [0.25, 0.3) is 0 Å². The Balaban J connectivity index is 1.82. The second-order valence-corrected chi connectivity index (χ2v) is 3.76. The molecule has 1 aromatic rings. The van der Waals surface area contributed by atoms with Crippen LogP contribution in [0.1, 0.15) is 0 Å². The number of anilines is 1. The van der Waals surface area contributed by atoms with Crippen LogP contribution < -0.4 is 5.32 Å². The van der Waals surface area contributed by atoms with Gasteiger partial charge in [-0.3, -0.25) is 5.32 Å². The minimum Gasteiger partial charge on any atom is -0.453 e. The SMILES string of the molecule is COC(=O)N1CCN(C(=O)Nc2ccon2)CC1. The van der Waals surface area contributed by atoms with Crippen molar-refractivity contribution in [3.63, 3.8) is 0 Å². The molecule has 1 aromatic heterocycles. The number of amides is 3. The lowest BCUT2D eigenvalue weighted by atomic mass is 10.3. The average molecular weight is 254 g/mol. The summed E-state index contributed by atoms with van der Waals surface area (Å²) in [6, 6.07) is 1.30. The minimum absolute atomic E-state index is 0.256. The van der Waals surface area contributed by atoms with Crippen LogP contribution in [0.3, 0.4) is 0 Å². The van der Waals surface area contributed by atoms with Gasteiger partial charge in [0.15, 0.2) is 5.82 Å². The van der Waals surface area contributed by atoms with E-state index < -0.39 is 0 Å². The van der Waals surface area contributed by atoms with E-state index in [0.717, 1.165) is 0 Å². The van der Waals surface area contributed by atoms with Gasteiger partial charge in [0, 0.05) is 32.2 Å². The lowest BCUT2D eigenvalue weighted by Crippen LogP contribution is -2.51. The van der Waals surface area contributed by atoms with Crippen molar-refractivity contribution in [3.8, 4) is 0 Å². The zero-order valence-corrected chi connectivity index (χ0v) is 9.96. The summed E-state index contributed by atoms with van der Waals surface area (Å²) < 4.78 is 9.23. The molecule has 1 fully saturated rings. The fourth-order valence-electron chi connectivity index (χ4n) is 1.69. The quantitative estimate of drug-likeness (QED) is 0.792. The van der Waals surface area contributed by atoms with Crippen LogP contribution in [-0.4, -0.2) is 60.4 Å². The Morgan fingerprint density at radius 2 is 2.00 bits per heavy atom. The summed E-state index contributed by atoms with van der Waals surface area (Å²) in [5.74, 6) is 0.371. The lowest BCUT2D eigenvalue weighted by Gasteiger charge is -2.33. The van der Waals surface area contributed by atoms with E-state index in [1.165, 1.54) is 13.4 Å². The van der Waals surface area contributed by atoms with Gasteiger partial charge in [-0.2, -0.15) is 0 Å². The van der Waals surface area contributed by atoms with Gasteiger partial charge in [-0.1, -0.05) is 5.16 Å². The molecule has 18 heavy (non-hydrogen) atoms. The van der Waals surface area contributed by atoms with Crippen molar-refractivity contribution in [2.75, 3.05) is 38.6 Å². The summed E-state index contributed by atoms with van der Waals surface area (Å²) in [7, 11) is 1.34. The number of urea groups is 1. The second kappa shape index (κ2) is 5.39. The molecule has 0 unspecified atom stereocenters. The Bertz CT molecular complexity index is 412. The summed E-state index contributed by atoms with van der Waals surface area (Å²) in [4.78, 5) is 26.2. The van der Waals surface area contributed by atoms with Crippen LogP contribution in [0.25, 0.3) is 0 Å². The number of methoxy groups -OCH3 is 1. The molecule has 0 aliphatic carbocycles. The largest absolute Gasteiger partial charge is 0.453 e. The third kappa shape index (κ3) is 2.70. The molecule has 2 rings (SSSR count). The topological polar surface area (TPSA) is 87.9 Å². The minimum atomic E-state index is -0.369. The first kappa shape index (κ1) is 12.2. The number of nitrogens with zero attached hydrogens (tertiary/aromatic N) is 3. The highest BCUT2D eigenvalue weighted by atomic mass is 16.5. The van der Waals surface area contributed by atoms with Gasteiger partial charge in [-0.15, -0.1) is 0 Å². The van der Waals surface area contributed by atoms with Crippen LogP contribution in [0.2, 0.25) is 0 Å². The molecule has 0 bridgehead atoms. The molecule has 8 heteroatoms. The maximum Gasteiger partial charge on any atom is 0.409 e. The number of piperazine rings is 1. The predicted octanol–water partition coefficient (Wildman–Crippen LogP) is 0.590. The molecule has 0 radical (unpaired) electrons. The standard InChI is InChI=1S/C10H14N4O4/c1-17-10(16)14-5-3-13(4-6-14)9(15)11-8-2-7-18-12-8/h2,7H,3-6H2,1H3,(H,11,12,15). The van der Waals surface area contributed by atoms with E-state index in [-0.39, 0.29) is 12.1 Å². The normalized spacial score (nSPS) is 15.4. The van der Waals surface area contributed by atoms with E-state index >= 15 is 0 Å². The number of hydrogen-bond acceptors (Lipinski definition) is 5. The first-order valence-electron chi connectivity index (χ1n) is 5.50. The predicted molar refractivity (Wildman–Crippen MR) is 61.1 cm³/mol. The molecular weight excluding hydrogens is 240 g/mol. The van der Waals surface area contributed by atoms with Gasteiger partial charge in [0.1, 0.15) is 6.26 Å². The van der Waals surface area contributed by atoms with Gasteiger partial charge in [0.05, 0.1) is 7.11 Å². The Kier molecular flexibility index (Phi) is 3.66. The summed E-state index contributed by atoms with van der Waals surface area (Å²) >= 11 is 0. The molecular formula is C10H14N4O4. The van der Waals surface area contributed by atoms with Crippen LogP contribution in [0, 0.1) is 0 Å². The molecule has 1 aliphatic rings. The lowest BCUT2D eigenvalue weighted by molar-refractivity contribution is 0.0992. The van der Waals surface area contributed by atoms with E-state index in [1.54, 1.807) is 15.9 Å². The molecule has 2 heterocycles. The Labute approximate surface area is 103 Å². The van der Waals surface area contributed by atoms with Crippen molar-refractivity contribution in [2.24, 2.45) is 0 Å². The number of rotatable bonds is 1. The molecule has 0 atom stereocenters. The van der Waals surface area contributed by atoms with Crippen LogP contribution in [-0.2, 0) is 4.74 Å². The smallest absolute Gasteiger partial charge is 0.409 e. The van der Waals surface area contributed by atoms with Gasteiger partial charge >= 0.3 is 12.1 Å². The van der Waals surface area contributed by atoms with Crippen LogP contribution >= 0.6 is 0 Å². The van der Waals surface area contributed by atoms with Gasteiger partial charge in [-0.05, 0) is 0 Å². The molecule has 0 saturated carbocycles. The first-order valence-corrected chi connectivity index (χ1v) is 5.50. The maximum absolute atomic E-state index is 11.8. The van der Waals surface area contributed by atoms with Gasteiger partial charge in [-0.25, -0.2) is 9.59 Å². The van der Waals surface area contributed by atoms with E-state index in [4.69, 9.17) is 0 Å². The second-order valence-electron chi connectivity index (χ2n) is 3.76. The van der Waals surface area contributed by atoms with Crippen molar-refractivity contribution in [2.45, 2.75) is 0 Å². The first-order chi connectivity index (χ1) is 8.70.